The molecule has 0 radical (unpaired) electrons. The lowest BCUT2D eigenvalue weighted by atomic mass is 9.89. The smallest absolute Gasteiger partial charge is 0.242 e. The van der Waals surface area contributed by atoms with Gasteiger partial charge in [-0.2, -0.15) is 0 Å². The first kappa shape index (κ1) is 21.0. The highest BCUT2D eigenvalue weighted by molar-refractivity contribution is 6.30. The molecule has 0 bridgehead atoms. The number of halogens is 1. The lowest BCUT2D eigenvalue weighted by Crippen LogP contribution is -2.50. The molecule has 2 amide bonds. The molecule has 0 saturated carbocycles. The van der Waals surface area contributed by atoms with Crippen LogP contribution in [0.4, 0.5) is 5.69 Å². The highest BCUT2D eigenvalue weighted by Crippen LogP contribution is 2.25. The second-order valence-corrected chi connectivity index (χ2v) is 7.59. The number of rotatable bonds is 7. The molecule has 2 aromatic carbocycles. The number of nitrogens with zero attached hydrogens (tertiary/aromatic N) is 1. The fourth-order valence-electron chi connectivity index (χ4n) is 2.91. The summed E-state index contributed by atoms with van der Waals surface area (Å²) < 4.78 is 0. The molecule has 0 unspecified atom stereocenters. The molecule has 0 saturated heterocycles. The van der Waals surface area contributed by atoms with Crippen LogP contribution in [0, 0.1) is 12.3 Å². The van der Waals surface area contributed by atoms with Crippen LogP contribution in [0.3, 0.4) is 0 Å². The molecule has 0 aliphatic rings. The monoisotopic (exact) mass is 386 g/mol. The van der Waals surface area contributed by atoms with Crippen LogP contribution in [-0.4, -0.2) is 24.9 Å². The minimum atomic E-state index is -1.16. The van der Waals surface area contributed by atoms with Crippen LogP contribution < -0.4 is 10.2 Å². The normalized spacial score (nSPS) is 11.1. The number of hydrogen-bond acceptors (Lipinski definition) is 2. The molecule has 2 rings (SSSR count). The van der Waals surface area contributed by atoms with Crippen molar-refractivity contribution in [1.82, 2.24) is 5.32 Å². The third-order valence-corrected chi connectivity index (χ3v) is 4.80. The van der Waals surface area contributed by atoms with E-state index in [1.165, 1.54) is 0 Å². The SMILES string of the molecule is CCN(C(=O)C(C)(C)C(=O)NCCc1cccc(Cl)c1)c1cccc(C)c1. The van der Waals surface area contributed by atoms with E-state index in [0.717, 1.165) is 16.8 Å². The van der Waals surface area contributed by atoms with Gasteiger partial charge in [0.2, 0.25) is 11.8 Å². The van der Waals surface area contributed by atoms with E-state index in [-0.39, 0.29) is 11.8 Å². The summed E-state index contributed by atoms with van der Waals surface area (Å²) in [6, 6.07) is 15.3. The largest absolute Gasteiger partial charge is 0.355 e. The first-order valence-corrected chi connectivity index (χ1v) is 9.55. The Morgan fingerprint density at radius 2 is 1.81 bits per heavy atom. The predicted molar refractivity (Wildman–Crippen MR) is 111 cm³/mol. The third kappa shape index (κ3) is 5.33. The maximum atomic E-state index is 13.1. The number of anilines is 1. The number of amides is 2. The van der Waals surface area contributed by atoms with Gasteiger partial charge in [-0.05, 0) is 69.5 Å². The van der Waals surface area contributed by atoms with Crippen molar-refractivity contribution in [3.8, 4) is 0 Å². The molecular formula is C22H27ClN2O2. The Balaban J connectivity index is 2.03. The first-order valence-electron chi connectivity index (χ1n) is 9.17. The lowest BCUT2D eigenvalue weighted by Gasteiger charge is -2.30. The van der Waals surface area contributed by atoms with Crippen molar-refractivity contribution in [2.45, 2.75) is 34.1 Å². The molecule has 27 heavy (non-hydrogen) atoms. The fourth-order valence-corrected chi connectivity index (χ4v) is 3.12. The number of carbonyl (C=O) groups is 2. The van der Waals surface area contributed by atoms with Gasteiger partial charge in [0.25, 0.3) is 0 Å². The molecule has 0 aromatic heterocycles. The van der Waals surface area contributed by atoms with Crippen molar-refractivity contribution < 1.29 is 9.59 Å². The molecule has 0 fully saturated rings. The van der Waals surface area contributed by atoms with Gasteiger partial charge in [0.05, 0.1) is 0 Å². The average molecular weight is 387 g/mol. The number of hydrogen-bond donors (Lipinski definition) is 1. The highest BCUT2D eigenvalue weighted by Gasteiger charge is 2.39. The third-order valence-electron chi connectivity index (χ3n) is 4.57. The van der Waals surface area contributed by atoms with Gasteiger partial charge in [-0.1, -0.05) is 35.9 Å². The van der Waals surface area contributed by atoms with Gasteiger partial charge in [0.15, 0.2) is 0 Å². The average Bonchev–Trinajstić information content (AvgIpc) is 2.62. The van der Waals surface area contributed by atoms with Crippen LogP contribution in [0.25, 0.3) is 0 Å². The van der Waals surface area contributed by atoms with Crippen molar-refractivity contribution in [3.63, 3.8) is 0 Å². The van der Waals surface area contributed by atoms with Gasteiger partial charge in [-0.3, -0.25) is 9.59 Å². The standard InChI is InChI=1S/C22H27ClN2O2/c1-5-25(19-11-6-8-16(2)14-19)21(27)22(3,4)20(26)24-13-12-17-9-7-10-18(23)15-17/h6-11,14-15H,5,12-13H2,1-4H3,(H,24,26). The van der Waals surface area contributed by atoms with E-state index in [4.69, 9.17) is 11.6 Å². The van der Waals surface area contributed by atoms with Gasteiger partial charge in [-0.15, -0.1) is 0 Å². The van der Waals surface area contributed by atoms with Crippen LogP contribution in [0.15, 0.2) is 48.5 Å². The molecule has 2 aromatic rings. The summed E-state index contributed by atoms with van der Waals surface area (Å²) in [7, 11) is 0. The zero-order valence-corrected chi connectivity index (χ0v) is 17.1. The minimum absolute atomic E-state index is 0.212. The molecule has 0 spiro atoms. The van der Waals surface area contributed by atoms with Crippen molar-refractivity contribution in [1.29, 1.82) is 0 Å². The summed E-state index contributed by atoms with van der Waals surface area (Å²) in [5.41, 5.74) is 1.76. The first-order chi connectivity index (χ1) is 12.8. The minimum Gasteiger partial charge on any atom is -0.355 e. The van der Waals surface area contributed by atoms with Crippen molar-refractivity contribution >= 4 is 29.1 Å². The number of carbonyl (C=O) groups excluding carboxylic acids is 2. The maximum absolute atomic E-state index is 13.1. The Bertz CT molecular complexity index is 817. The van der Waals surface area contributed by atoms with Crippen LogP contribution in [-0.2, 0) is 16.0 Å². The van der Waals surface area contributed by atoms with Crippen LogP contribution >= 0.6 is 11.6 Å². The van der Waals surface area contributed by atoms with Gasteiger partial charge >= 0.3 is 0 Å². The van der Waals surface area contributed by atoms with E-state index in [9.17, 15) is 9.59 Å². The molecule has 0 aliphatic heterocycles. The summed E-state index contributed by atoms with van der Waals surface area (Å²) in [5, 5.41) is 3.56. The molecule has 0 aliphatic carbocycles. The van der Waals surface area contributed by atoms with Crippen LogP contribution in [0.5, 0.6) is 0 Å². The van der Waals surface area contributed by atoms with Crippen LogP contribution in [0.1, 0.15) is 31.9 Å². The van der Waals surface area contributed by atoms with E-state index < -0.39 is 5.41 Å². The van der Waals surface area contributed by atoms with Crippen molar-refractivity contribution in [2.24, 2.45) is 5.41 Å². The quantitative estimate of drug-likeness (QED) is 0.717. The van der Waals surface area contributed by atoms with E-state index in [0.29, 0.717) is 24.5 Å². The Morgan fingerprint density at radius 1 is 1.11 bits per heavy atom. The molecule has 0 atom stereocenters. The lowest BCUT2D eigenvalue weighted by molar-refractivity contribution is -0.139. The second kappa shape index (κ2) is 9.05. The van der Waals surface area contributed by atoms with E-state index in [1.807, 2.05) is 62.4 Å². The Morgan fingerprint density at radius 3 is 2.44 bits per heavy atom. The molecule has 4 nitrogen and oxygen atoms in total. The molecule has 1 N–H and O–H groups in total. The van der Waals surface area contributed by atoms with Gasteiger partial charge < -0.3 is 10.2 Å². The molecule has 144 valence electrons. The van der Waals surface area contributed by atoms with Crippen molar-refractivity contribution in [3.05, 3.63) is 64.7 Å². The Labute approximate surface area is 166 Å². The summed E-state index contributed by atoms with van der Waals surface area (Å²) in [5.74, 6) is -0.489. The van der Waals surface area contributed by atoms with Gasteiger partial charge in [0, 0.05) is 23.8 Å². The summed E-state index contributed by atoms with van der Waals surface area (Å²) >= 11 is 5.98. The molecular weight excluding hydrogens is 360 g/mol. The van der Waals surface area contributed by atoms with Gasteiger partial charge in [-0.25, -0.2) is 0 Å². The van der Waals surface area contributed by atoms with E-state index >= 15 is 0 Å². The Kier molecular flexibility index (Phi) is 7.03. The second-order valence-electron chi connectivity index (χ2n) is 7.15. The summed E-state index contributed by atoms with van der Waals surface area (Å²) in [6.45, 7) is 8.18. The number of aryl methyl sites for hydroxylation is 1. The predicted octanol–water partition coefficient (Wildman–Crippen LogP) is 4.39. The van der Waals surface area contributed by atoms with E-state index in [2.05, 4.69) is 5.32 Å². The fraction of sp³-hybridized carbons (Fsp3) is 0.364. The molecule has 0 heterocycles. The summed E-state index contributed by atoms with van der Waals surface area (Å²) in [4.78, 5) is 27.4. The maximum Gasteiger partial charge on any atom is 0.242 e. The van der Waals surface area contributed by atoms with Gasteiger partial charge in [0.1, 0.15) is 5.41 Å². The highest BCUT2D eigenvalue weighted by atomic mass is 35.5. The zero-order chi connectivity index (χ0) is 20.0. The zero-order valence-electron chi connectivity index (χ0n) is 16.4. The number of nitrogens with one attached hydrogen (secondary N) is 1. The molecule has 5 heteroatoms. The topological polar surface area (TPSA) is 49.4 Å². The Hall–Kier alpha value is -2.33. The van der Waals surface area contributed by atoms with Crippen LogP contribution in [0.2, 0.25) is 5.02 Å². The number of benzene rings is 2. The summed E-state index contributed by atoms with van der Waals surface area (Å²) in [6.07, 6.45) is 0.659. The van der Waals surface area contributed by atoms with E-state index in [1.54, 1.807) is 18.7 Å². The van der Waals surface area contributed by atoms with Crippen molar-refractivity contribution in [2.75, 3.05) is 18.0 Å².